The highest BCUT2D eigenvalue weighted by molar-refractivity contribution is 7.99. The number of ether oxygens (including phenoxy) is 2. The zero-order valence-electron chi connectivity index (χ0n) is 23.5. The molecular weight excluding hydrogens is 520 g/mol. The van der Waals surface area contributed by atoms with Crippen molar-refractivity contribution in [3.8, 4) is 5.88 Å². The van der Waals surface area contributed by atoms with Gasteiger partial charge in [0.05, 0.1) is 24.2 Å². The topological polar surface area (TPSA) is 128 Å². The predicted octanol–water partition coefficient (Wildman–Crippen LogP) is 0.934. The lowest BCUT2D eigenvalue weighted by molar-refractivity contribution is -0.117. The van der Waals surface area contributed by atoms with Crippen molar-refractivity contribution in [1.29, 1.82) is 0 Å². The molecule has 1 aliphatic heterocycles. The second-order valence-electron chi connectivity index (χ2n) is 10.4. The maximum absolute atomic E-state index is 12.3. The van der Waals surface area contributed by atoms with Crippen LogP contribution in [0.4, 0.5) is 5.95 Å². The van der Waals surface area contributed by atoms with Crippen LogP contribution < -0.4 is 15.4 Å². The van der Waals surface area contributed by atoms with Crippen LogP contribution in [0.15, 0.2) is 48.1 Å². The molecule has 0 radical (unpaired) electrons. The van der Waals surface area contributed by atoms with Crippen LogP contribution in [0.3, 0.4) is 0 Å². The first-order chi connectivity index (χ1) is 18.5. The number of rotatable bonds is 12. The van der Waals surface area contributed by atoms with Gasteiger partial charge in [-0.2, -0.15) is 9.97 Å². The number of carbonyl (C=O) groups excluding carboxylic acids is 1. The maximum atomic E-state index is 12.3. The Labute approximate surface area is 230 Å². The average molecular weight is 561 g/mol. The summed E-state index contributed by atoms with van der Waals surface area (Å²) in [7, 11) is 5.35. The minimum Gasteiger partial charge on any atom is -0.495 e. The molecule has 1 fully saturated rings. The van der Waals surface area contributed by atoms with E-state index in [1.165, 1.54) is 6.08 Å². The van der Waals surface area contributed by atoms with Crippen molar-refractivity contribution in [2.75, 3.05) is 72.3 Å². The molecule has 1 amide bonds. The number of aromatic amines is 1. The van der Waals surface area contributed by atoms with E-state index in [2.05, 4.69) is 42.0 Å². The largest absolute Gasteiger partial charge is 0.495 e. The van der Waals surface area contributed by atoms with Crippen LogP contribution in [0.1, 0.15) is 6.42 Å². The van der Waals surface area contributed by atoms with Crippen molar-refractivity contribution >= 4 is 33.0 Å². The Hall–Kier alpha value is -3.42. The normalized spacial score (nSPS) is 18.9. The number of H-pyrrole nitrogens is 1. The minimum absolute atomic E-state index is 0.107. The third-order valence-electron chi connectivity index (χ3n) is 6.82. The summed E-state index contributed by atoms with van der Waals surface area (Å²) in [6, 6.07) is 1.56. The molecule has 3 N–H and O–H groups in total. The van der Waals surface area contributed by atoms with Gasteiger partial charge in [-0.05, 0) is 26.2 Å². The van der Waals surface area contributed by atoms with Crippen molar-refractivity contribution in [2.45, 2.75) is 18.6 Å². The minimum atomic E-state index is -2.30. The number of fused-ring (bicyclic) bond motifs is 1. The van der Waals surface area contributed by atoms with E-state index in [0.717, 1.165) is 29.9 Å². The molecule has 39 heavy (non-hydrogen) atoms. The number of likely N-dealkylation sites (N-methyl/N-ethyl adjacent to an activating group) is 2. The summed E-state index contributed by atoms with van der Waals surface area (Å²) in [4.78, 5) is 28.9. The number of anilines is 1. The fourth-order valence-electron chi connectivity index (χ4n) is 4.47. The number of carbonyl (C=O) groups is 1. The number of aromatic nitrogens is 3. The summed E-state index contributed by atoms with van der Waals surface area (Å²) in [6.45, 7) is 6.40. The first-order valence-electron chi connectivity index (χ1n) is 12.8. The quantitative estimate of drug-likeness (QED) is 0.221. The second-order valence-corrected chi connectivity index (χ2v) is 13.6. The zero-order chi connectivity index (χ0) is 28.3. The molecule has 4 rings (SSSR count). The van der Waals surface area contributed by atoms with E-state index in [4.69, 9.17) is 9.47 Å². The highest BCUT2D eigenvalue weighted by atomic mass is 32.3. The van der Waals surface area contributed by atoms with Crippen LogP contribution in [0, 0.1) is 0 Å². The molecule has 214 valence electrons. The zero-order valence-corrected chi connectivity index (χ0v) is 24.4. The first-order valence-corrected chi connectivity index (χ1v) is 15.4. The Morgan fingerprint density at radius 2 is 2.03 bits per heavy atom. The van der Waals surface area contributed by atoms with E-state index in [9.17, 15) is 9.00 Å². The molecule has 1 unspecified atom stereocenters. The predicted molar refractivity (Wildman–Crippen MR) is 155 cm³/mol. The third-order valence-corrected chi connectivity index (χ3v) is 8.51. The van der Waals surface area contributed by atoms with Gasteiger partial charge in [0, 0.05) is 70.1 Å². The molecule has 2 aromatic rings. The lowest BCUT2D eigenvalue weighted by atomic mass is 9.99. The molecule has 0 saturated carbocycles. The molecule has 3 heterocycles. The number of methoxy groups -OCH3 is 1. The van der Waals surface area contributed by atoms with Crippen molar-refractivity contribution in [3.05, 3.63) is 48.1 Å². The van der Waals surface area contributed by atoms with Gasteiger partial charge < -0.3 is 34.9 Å². The van der Waals surface area contributed by atoms with E-state index >= 15 is 0 Å². The van der Waals surface area contributed by atoms with Crippen molar-refractivity contribution in [1.82, 2.24) is 34.4 Å². The van der Waals surface area contributed by atoms with Crippen LogP contribution in [0.5, 0.6) is 5.88 Å². The number of allylic oxidation sites excluding steroid dienone is 1. The Morgan fingerprint density at radius 3 is 2.67 bits per heavy atom. The van der Waals surface area contributed by atoms with E-state index in [1.54, 1.807) is 25.8 Å². The second kappa shape index (κ2) is 11.8. The number of amides is 1. The molecule has 0 bridgehead atoms. The highest BCUT2D eigenvalue weighted by Gasteiger charge is 2.34. The number of hydrogen-bond donors (Lipinski definition) is 4. The Kier molecular flexibility index (Phi) is 8.62. The maximum Gasteiger partial charge on any atom is 0.243 e. The van der Waals surface area contributed by atoms with Crippen molar-refractivity contribution in [3.63, 3.8) is 0 Å². The number of hydrogen-bond acceptors (Lipinski definition) is 9. The summed E-state index contributed by atoms with van der Waals surface area (Å²) in [5.41, 5.74) is 2.28. The summed E-state index contributed by atoms with van der Waals surface area (Å²) in [5.74, 6) is 1.15. The van der Waals surface area contributed by atoms with Crippen molar-refractivity contribution in [2.24, 2.45) is 0 Å². The first kappa shape index (κ1) is 28.6. The van der Waals surface area contributed by atoms with Gasteiger partial charge in [-0.15, -0.1) is 0 Å². The Balaban J connectivity index is 1.60. The molecule has 2 aliphatic rings. The molecule has 1 aliphatic carbocycles. The summed E-state index contributed by atoms with van der Waals surface area (Å²) in [6.07, 6.45) is 8.83. The lowest BCUT2D eigenvalue weighted by Gasteiger charge is -2.43. The average Bonchev–Trinajstić information content (AvgIpc) is 3.32. The van der Waals surface area contributed by atoms with Gasteiger partial charge >= 0.3 is 0 Å². The monoisotopic (exact) mass is 560 g/mol. The SMILES string of the molecule is C=CC(=O)NC1CC(Nc2nc(OC3CN([SH](C)(C)=O)C3)c3cc[nH]c3n2)=C(OC)C=C1N(C)CCN(C)C. The molecule has 2 aromatic heterocycles. The fourth-order valence-corrected chi connectivity index (χ4v) is 5.62. The van der Waals surface area contributed by atoms with Gasteiger partial charge in [0.15, 0.2) is 0 Å². The molecule has 1 saturated heterocycles. The molecule has 13 heteroatoms. The van der Waals surface area contributed by atoms with Crippen LogP contribution in [0.25, 0.3) is 11.0 Å². The summed E-state index contributed by atoms with van der Waals surface area (Å²) < 4.78 is 26.2. The Morgan fingerprint density at radius 1 is 1.28 bits per heavy atom. The van der Waals surface area contributed by atoms with Gasteiger partial charge in [0.2, 0.25) is 17.7 Å². The molecule has 0 aromatic carbocycles. The summed E-state index contributed by atoms with van der Waals surface area (Å²) >= 11 is 0. The van der Waals surface area contributed by atoms with Gasteiger partial charge in [0.25, 0.3) is 0 Å². The molecule has 1 atom stereocenters. The smallest absolute Gasteiger partial charge is 0.243 e. The van der Waals surface area contributed by atoms with Crippen LogP contribution in [-0.2, 0) is 19.7 Å². The highest BCUT2D eigenvalue weighted by Crippen LogP contribution is 2.31. The van der Waals surface area contributed by atoms with E-state index in [-0.39, 0.29) is 18.1 Å². The number of nitrogens with zero attached hydrogens (tertiary/aromatic N) is 5. The van der Waals surface area contributed by atoms with E-state index in [1.807, 2.05) is 37.6 Å². The molecule has 12 nitrogen and oxygen atoms in total. The van der Waals surface area contributed by atoms with Gasteiger partial charge in [-0.3, -0.25) is 9.00 Å². The van der Waals surface area contributed by atoms with Gasteiger partial charge in [0.1, 0.15) is 17.5 Å². The Bertz CT molecular complexity index is 1320. The van der Waals surface area contributed by atoms with Crippen molar-refractivity contribution < 1.29 is 18.5 Å². The van der Waals surface area contributed by atoms with Crippen LogP contribution >= 0.6 is 0 Å². The van der Waals surface area contributed by atoms with Gasteiger partial charge in [-0.25, -0.2) is 4.31 Å². The standard InChI is InChI=1S/C26H40N8O4S/c1-8-23(35)28-19-13-20(22(37-5)14-21(19)33(4)12-11-32(2)3)29-26-30-24-18(9-10-27-24)25(31-26)38-17-15-34(16-17)39(6,7)36/h8-10,14,17,19,39H,1,11-13,15-16H2,2-7H3,(H,28,35)(H2,27,29,30,31). The van der Waals surface area contributed by atoms with Gasteiger partial charge in [-0.1, -0.05) is 16.7 Å². The number of nitrogens with one attached hydrogen (secondary N) is 3. The number of thiol groups is 1. The van der Waals surface area contributed by atoms with Crippen LogP contribution in [0.2, 0.25) is 0 Å². The van der Waals surface area contributed by atoms with E-state index in [0.29, 0.717) is 42.7 Å². The van der Waals surface area contributed by atoms with E-state index < -0.39 is 10.1 Å². The van der Waals surface area contributed by atoms with Crippen LogP contribution in [-0.4, -0.2) is 118 Å². The third kappa shape index (κ3) is 6.78. The molecular formula is C26H40N8O4S. The fraction of sp³-hybridized carbons (Fsp3) is 0.500. The lowest BCUT2D eigenvalue weighted by Crippen LogP contribution is -2.57. The molecule has 0 spiro atoms. The summed E-state index contributed by atoms with van der Waals surface area (Å²) in [5, 5.41) is 7.10.